The molecule has 28 heavy (non-hydrogen) atoms. The van der Waals surface area contributed by atoms with E-state index in [1.165, 1.54) is 19.3 Å². The van der Waals surface area contributed by atoms with E-state index >= 15 is 0 Å². The summed E-state index contributed by atoms with van der Waals surface area (Å²) in [5.74, 6) is 0.707. The largest absolute Gasteiger partial charge is 0.364 e. The monoisotopic (exact) mass is 460 g/mol. The number of para-hydroxylation sites is 2. The van der Waals surface area contributed by atoms with Crippen molar-refractivity contribution in [3.8, 4) is 0 Å². The van der Waals surface area contributed by atoms with Crippen LogP contribution in [0.4, 0.5) is 11.6 Å². The number of sulfonamides is 1. The molecule has 0 spiro atoms. The van der Waals surface area contributed by atoms with Crippen molar-refractivity contribution in [2.24, 2.45) is 0 Å². The van der Waals surface area contributed by atoms with Gasteiger partial charge in [-0.2, -0.15) is 0 Å². The Labute approximate surface area is 173 Å². The van der Waals surface area contributed by atoms with Crippen molar-refractivity contribution in [2.45, 2.75) is 43.0 Å². The molecular formula is C20H21BrN4O2S. The summed E-state index contributed by atoms with van der Waals surface area (Å²) in [7, 11) is -3.78. The van der Waals surface area contributed by atoms with Crippen LogP contribution in [0.25, 0.3) is 11.0 Å². The first-order valence-corrected chi connectivity index (χ1v) is 11.6. The third-order valence-corrected chi connectivity index (χ3v) is 6.76. The Bertz CT molecular complexity index is 1080. The quantitative estimate of drug-likeness (QED) is 0.563. The molecule has 2 aromatic carbocycles. The SMILES string of the molecule is O=S(=O)(Nc1nc2ccccc2nc1NC1CCCCC1)c1ccc(Br)cc1. The predicted octanol–water partition coefficient (Wildman–Crippen LogP) is 4.94. The Balaban J connectivity index is 1.71. The van der Waals surface area contributed by atoms with Gasteiger partial charge in [0.25, 0.3) is 10.0 Å². The fourth-order valence-corrected chi connectivity index (χ4v) is 4.69. The lowest BCUT2D eigenvalue weighted by Gasteiger charge is -2.24. The minimum Gasteiger partial charge on any atom is -0.364 e. The Hall–Kier alpha value is -2.19. The second kappa shape index (κ2) is 8.05. The first-order chi connectivity index (χ1) is 13.5. The fraction of sp³-hybridized carbons (Fsp3) is 0.300. The molecule has 4 rings (SSSR count). The average Bonchev–Trinajstić information content (AvgIpc) is 2.69. The molecule has 1 fully saturated rings. The van der Waals surface area contributed by atoms with E-state index in [1.807, 2.05) is 24.3 Å². The molecule has 0 saturated heterocycles. The number of rotatable bonds is 5. The number of halogens is 1. The highest BCUT2D eigenvalue weighted by molar-refractivity contribution is 9.10. The summed E-state index contributed by atoms with van der Waals surface area (Å²) < 4.78 is 29.2. The van der Waals surface area contributed by atoms with Crippen LogP contribution in [-0.4, -0.2) is 24.4 Å². The van der Waals surface area contributed by atoms with Crippen LogP contribution in [0.5, 0.6) is 0 Å². The second-order valence-corrected chi connectivity index (χ2v) is 9.55. The van der Waals surface area contributed by atoms with Crippen LogP contribution >= 0.6 is 15.9 Å². The zero-order chi connectivity index (χ0) is 19.6. The Morgan fingerprint density at radius 1 is 0.857 bits per heavy atom. The number of anilines is 2. The maximum absolute atomic E-state index is 12.9. The van der Waals surface area contributed by atoms with Crippen LogP contribution in [0.1, 0.15) is 32.1 Å². The molecule has 1 aliphatic rings. The van der Waals surface area contributed by atoms with Gasteiger partial charge in [-0.25, -0.2) is 18.4 Å². The van der Waals surface area contributed by atoms with Gasteiger partial charge in [0.2, 0.25) is 0 Å². The summed E-state index contributed by atoms with van der Waals surface area (Å²) in [4.78, 5) is 9.37. The molecule has 1 aliphatic carbocycles. The number of aromatic nitrogens is 2. The molecule has 1 aromatic heterocycles. The van der Waals surface area contributed by atoms with E-state index in [-0.39, 0.29) is 16.8 Å². The standard InChI is InChI=1S/C20H21BrN4O2S/c21-14-10-12-16(13-11-14)28(26,27)25-20-19(22-15-6-2-1-3-7-15)23-17-8-4-5-9-18(17)24-20/h4-5,8-13,15H,1-3,6-7H2,(H,22,23)(H,24,25). The van der Waals surface area contributed by atoms with Gasteiger partial charge >= 0.3 is 0 Å². The highest BCUT2D eigenvalue weighted by Gasteiger charge is 2.21. The van der Waals surface area contributed by atoms with Gasteiger partial charge in [0, 0.05) is 10.5 Å². The van der Waals surface area contributed by atoms with Crippen molar-refractivity contribution in [3.63, 3.8) is 0 Å². The molecule has 0 aliphatic heterocycles. The number of hydrogen-bond donors (Lipinski definition) is 2. The lowest BCUT2D eigenvalue weighted by Crippen LogP contribution is -2.24. The summed E-state index contributed by atoms with van der Waals surface area (Å²) in [5.41, 5.74) is 1.37. The zero-order valence-corrected chi connectivity index (χ0v) is 17.6. The van der Waals surface area contributed by atoms with Crippen LogP contribution in [0.2, 0.25) is 0 Å². The lowest BCUT2D eigenvalue weighted by molar-refractivity contribution is 0.462. The van der Waals surface area contributed by atoms with Gasteiger partial charge in [-0.1, -0.05) is 47.3 Å². The average molecular weight is 461 g/mol. The third-order valence-electron chi connectivity index (χ3n) is 4.87. The molecule has 6 nitrogen and oxygen atoms in total. The summed E-state index contributed by atoms with van der Waals surface area (Å²) in [6.07, 6.45) is 5.67. The maximum Gasteiger partial charge on any atom is 0.263 e. The Morgan fingerprint density at radius 2 is 1.46 bits per heavy atom. The number of fused-ring (bicyclic) bond motifs is 1. The van der Waals surface area contributed by atoms with E-state index in [2.05, 4.69) is 35.9 Å². The fourth-order valence-electron chi connectivity index (χ4n) is 3.41. The predicted molar refractivity (Wildman–Crippen MR) is 115 cm³/mol. The summed E-state index contributed by atoms with van der Waals surface area (Å²) >= 11 is 3.33. The topological polar surface area (TPSA) is 84.0 Å². The first kappa shape index (κ1) is 19.1. The molecule has 0 bridgehead atoms. The van der Waals surface area contributed by atoms with E-state index in [0.29, 0.717) is 11.3 Å². The molecule has 0 atom stereocenters. The minimum atomic E-state index is -3.78. The van der Waals surface area contributed by atoms with Crippen LogP contribution in [-0.2, 0) is 10.0 Å². The van der Waals surface area contributed by atoms with Gasteiger partial charge in [0.05, 0.1) is 15.9 Å². The third kappa shape index (κ3) is 4.28. The van der Waals surface area contributed by atoms with Crippen molar-refractivity contribution in [1.82, 2.24) is 9.97 Å². The molecule has 0 amide bonds. The van der Waals surface area contributed by atoms with Crippen LogP contribution in [0.3, 0.4) is 0 Å². The lowest BCUT2D eigenvalue weighted by atomic mass is 9.95. The minimum absolute atomic E-state index is 0.175. The summed E-state index contributed by atoms with van der Waals surface area (Å²) in [6.45, 7) is 0. The molecule has 3 aromatic rings. The molecule has 1 heterocycles. The first-order valence-electron chi connectivity index (χ1n) is 9.33. The van der Waals surface area contributed by atoms with E-state index < -0.39 is 10.0 Å². The van der Waals surface area contributed by atoms with Gasteiger partial charge in [-0.05, 0) is 49.2 Å². The normalized spacial score (nSPS) is 15.5. The van der Waals surface area contributed by atoms with Gasteiger partial charge in [0.15, 0.2) is 11.6 Å². The zero-order valence-electron chi connectivity index (χ0n) is 15.2. The van der Waals surface area contributed by atoms with Gasteiger partial charge in [-0.3, -0.25) is 4.72 Å². The number of hydrogen-bond acceptors (Lipinski definition) is 5. The number of nitrogens with one attached hydrogen (secondary N) is 2. The molecule has 0 radical (unpaired) electrons. The van der Waals surface area contributed by atoms with E-state index in [9.17, 15) is 8.42 Å². The van der Waals surface area contributed by atoms with E-state index in [1.54, 1.807) is 24.3 Å². The van der Waals surface area contributed by atoms with E-state index in [4.69, 9.17) is 0 Å². The molecular weight excluding hydrogens is 440 g/mol. The van der Waals surface area contributed by atoms with Gasteiger partial charge < -0.3 is 5.32 Å². The van der Waals surface area contributed by atoms with Crippen LogP contribution in [0.15, 0.2) is 57.9 Å². The molecule has 1 saturated carbocycles. The second-order valence-electron chi connectivity index (χ2n) is 6.95. The summed E-state index contributed by atoms with van der Waals surface area (Å²) in [5, 5.41) is 3.42. The molecule has 0 unspecified atom stereocenters. The molecule has 146 valence electrons. The van der Waals surface area contributed by atoms with Gasteiger partial charge in [0.1, 0.15) is 0 Å². The van der Waals surface area contributed by atoms with Crippen molar-refractivity contribution in [3.05, 3.63) is 53.0 Å². The van der Waals surface area contributed by atoms with E-state index in [0.717, 1.165) is 22.8 Å². The number of nitrogens with zero attached hydrogens (tertiary/aromatic N) is 2. The van der Waals surface area contributed by atoms with Crippen LogP contribution < -0.4 is 10.0 Å². The highest BCUT2D eigenvalue weighted by atomic mass is 79.9. The molecule has 2 N–H and O–H groups in total. The smallest absolute Gasteiger partial charge is 0.263 e. The number of benzene rings is 2. The van der Waals surface area contributed by atoms with Crippen LogP contribution in [0, 0.1) is 0 Å². The summed E-state index contributed by atoms with van der Waals surface area (Å²) in [6, 6.07) is 14.2. The van der Waals surface area contributed by atoms with Crippen molar-refractivity contribution < 1.29 is 8.42 Å². The maximum atomic E-state index is 12.9. The van der Waals surface area contributed by atoms with Crippen molar-refractivity contribution in [2.75, 3.05) is 10.0 Å². The van der Waals surface area contributed by atoms with Crippen molar-refractivity contribution in [1.29, 1.82) is 0 Å². The highest BCUT2D eigenvalue weighted by Crippen LogP contribution is 2.28. The Kier molecular flexibility index (Phi) is 5.50. The molecule has 8 heteroatoms. The Morgan fingerprint density at radius 3 is 2.11 bits per heavy atom. The van der Waals surface area contributed by atoms with Crippen molar-refractivity contribution >= 4 is 48.6 Å². The van der Waals surface area contributed by atoms with Gasteiger partial charge in [-0.15, -0.1) is 0 Å².